The van der Waals surface area contributed by atoms with Crippen LogP contribution >= 0.6 is 15.9 Å². The first kappa shape index (κ1) is 8.75. The molecule has 0 atom stereocenters. The van der Waals surface area contributed by atoms with Gasteiger partial charge in [0.1, 0.15) is 5.52 Å². The van der Waals surface area contributed by atoms with Crippen LogP contribution in [0.15, 0.2) is 22.9 Å². The van der Waals surface area contributed by atoms with Gasteiger partial charge in [0.05, 0.1) is 11.8 Å². The molecular weight excluding hydrogens is 228 g/mol. The van der Waals surface area contributed by atoms with Gasteiger partial charge in [-0.2, -0.15) is 0 Å². The summed E-state index contributed by atoms with van der Waals surface area (Å²) < 4.78 is 1.11. The lowest BCUT2D eigenvalue weighted by molar-refractivity contribution is 0.863. The molecule has 0 fully saturated rings. The maximum atomic E-state index is 4.26. The number of nitrogens with one attached hydrogen (secondary N) is 1. The smallest absolute Gasteiger partial charge is 0.103 e. The maximum Gasteiger partial charge on any atom is 0.103 e. The van der Waals surface area contributed by atoms with Crippen molar-refractivity contribution in [3.63, 3.8) is 0 Å². The Hall–Kier alpha value is -0.830. The number of benzene rings is 1. The zero-order valence-corrected chi connectivity index (χ0v) is 9.22. The maximum absolute atomic E-state index is 4.26. The van der Waals surface area contributed by atoms with Gasteiger partial charge in [0.2, 0.25) is 0 Å². The number of aromatic amines is 1. The van der Waals surface area contributed by atoms with Gasteiger partial charge in [0.15, 0.2) is 0 Å². The third kappa shape index (κ3) is 1.37. The van der Waals surface area contributed by atoms with Crippen molar-refractivity contribution in [3.8, 4) is 0 Å². The summed E-state index contributed by atoms with van der Waals surface area (Å²) >= 11 is 3.58. The van der Waals surface area contributed by atoms with Crippen LogP contribution in [0.5, 0.6) is 0 Å². The van der Waals surface area contributed by atoms with E-state index in [4.69, 9.17) is 0 Å². The minimum Gasteiger partial charge on any atom is -0.345 e. The minimum atomic E-state index is 0.524. The molecule has 0 unspecified atom stereocenters. The Morgan fingerprint density at radius 3 is 2.85 bits per heavy atom. The summed E-state index contributed by atoms with van der Waals surface area (Å²) in [4.78, 5) is 7.34. The summed E-state index contributed by atoms with van der Waals surface area (Å²) in [6, 6.07) is 4.21. The van der Waals surface area contributed by atoms with Gasteiger partial charge >= 0.3 is 0 Å². The highest BCUT2D eigenvalue weighted by Gasteiger charge is 2.09. The number of aromatic nitrogens is 2. The molecule has 0 aliphatic rings. The van der Waals surface area contributed by atoms with Crippen LogP contribution in [0.4, 0.5) is 0 Å². The Morgan fingerprint density at radius 2 is 2.15 bits per heavy atom. The van der Waals surface area contributed by atoms with E-state index in [1.807, 2.05) is 0 Å². The summed E-state index contributed by atoms with van der Waals surface area (Å²) in [5, 5.41) is 0. The molecule has 0 spiro atoms. The third-order valence-electron chi connectivity index (χ3n) is 2.18. The zero-order chi connectivity index (χ0) is 9.42. The first-order chi connectivity index (χ1) is 6.20. The van der Waals surface area contributed by atoms with Crippen LogP contribution in [-0.2, 0) is 0 Å². The quantitative estimate of drug-likeness (QED) is 0.811. The Balaban J connectivity index is 2.73. The normalized spacial score (nSPS) is 11.4. The molecule has 2 aromatic rings. The number of rotatable bonds is 1. The molecule has 1 aromatic heterocycles. The van der Waals surface area contributed by atoms with E-state index in [-0.39, 0.29) is 0 Å². The first-order valence-electron chi connectivity index (χ1n) is 4.31. The van der Waals surface area contributed by atoms with Crippen LogP contribution in [-0.4, -0.2) is 9.97 Å². The van der Waals surface area contributed by atoms with E-state index in [0.29, 0.717) is 5.92 Å². The first-order valence-corrected chi connectivity index (χ1v) is 5.11. The molecule has 0 saturated heterocycles. The van der Waals surface area contributed by atoms with Crippen molar-refractivity contribution >= 4 is 27.0 Å². The fraction of sp³-hybridized carbons (Fsp3) is 0.300. The molecule has 0 bridgehead atoms. The standard InChI is InChI=1S/C10H11BrN2/c1-6(2)7-3-4-8-10(9(7)11)13-5-12-8/h3-6H,1-2H3,(H,12,13). The minimum absolute atomic E-state index is 0.524. The number of H-pyrrole nitrogens is 1. The fourth-order valence-corrected chi connectivity index (χ4v) is 2.34. The number of hydrogen-bond donors (Lipinski definition) is 1. The van der Waals surface area contributed by atoms with Gasteiger partial charge in [-0.1, -0.05) is 19.9 Å². The molecule has 2 rings (SSSR count). The van der Waals surface area contributed by atoms with E-state index >= 15 is 0 Å². The lowest BCUT2D eigenvalue weighted by Gasteiger charge is -2.07. The number of imidazole rings is 1. The van der Waals surface area contributed by atoms with Crippen molar-refractivity contribution in [1.29, 1.82) is 0 Å². The number of hydrogen-bond acceptors (Lipinski definition) is 1. The van der Waals surface area contributed by atoms with Gasteiger partial charge in [-0.15, -0.1) is 0 Å². The second-order valence-electron chi connectivity index (χ2n) is 3.42. The van der Waals surface area contributed by atoms with Crippen LogP contribution in [0, 0.1) is 0 Å². The zero-order valence-electron chi connectivity index (χ0n) is 7.63. The molecule has 0 aliphatic heterocycles. The van der Waals surface area contributed by atoms with Crippen molar-refractivity contribution < 1.29 is 0 Å². The largest absolute Gasteiger partial charge is 0.345 e. The van der Waals surface area contributed by atoms with E-state index in [0.717, 1.165) is 15.5 Å². The van der Waals surface area contributed by atoms with Crippen molar-refractivity contribution in [2.45, 2.75) is 19.8 Å². The lowest BCUT2D eigenvalue weighted by Crippen LogP contribution is -1.89. The monoisotopic (exact) mass is 238 g/mol. The molecule has 0 radical (unpaired) electrons. The van der Waals surface area contributed by atoms with Gasteiger partial charge < -0.3 is 4.98 Å². The SMILES string of the molecule is CC(C)c1ccc2[nH]cnc2c1Br. The van der Waals surface area contributed by atoms with Crippen LogP contribution < -0.4 is 0 Å². The van der Waals surface area contributed by atoms with Gasteiger partial charge in [-0.25, -0.2) is 4.98 Å². The number of halogens is 1. The van der Waals surface area contributed by atoms with Gasteiger partial charge in [-0.3, -0.25) is 0 Å². The van der Waals surface area contributed by atoms with Crippen molar-refractivity contribution in [2.75, 3.05) is 0 Å². The molecule has 3 heteroatoms. The highest BCUT2D eigenvalue weighted by atomic mass is 79.9. The predicted octanol–water partition coefficient (Wildman–Crippen LogP) is 3.45. The molecule has 2 nitrogen and oxygen atoms in total. The van der Waals surface area contributed by atoms with E-state index in [2.05, 4.69) is 51.9 Å². The molecule has 68 valence electrons. The summed E-state index contributed by atoms with van der Waals surface area (Å²) in [6.07, 6.45) is 1.72. The Bertz CT molecular complexity index is 431. The summed E-state index contributed by atoms with van der Waals surface area (Å²) in [6.45, 7) is 4.36. The van der Waals surface area contributed by atoms with E-state index in [1.54, 1.807) is 6.33 Å². The van der Waals surface area contributed by atoms with Crippen molar-refractivity contribution in [3.05, 3.63) is 28.5 Å². The van der Waals surface area contributed by atoms with Crippen LogP contribution in [0.3, 0.4) is 0 Å². The highest BCUT2D eigenvalue weighted by Crippen LogP contribution is 2.30. The molecule has 1 heterocycles. The van der Waals surface area contributed by atoms with Crippen LogP contribution in [0.2, 0.25) is 0 Å². The molecule has 1 aromatic carbocycles. The number of nitrogens with zero attached hydrogens (tertiary/aromatic N) is 1. The van der Waals surface area contributed by atoms with Gasteiger partial charge in [0, 0.05) is 4.47 Å². The van der Waals surface area contributed by atoms with Gasteiger partial charge in [-0.05, 0) is 33.5 Å². The Kier molecular flexibility index (Phi) is 2.12. The van der Waals surface area contributed by atoms with E-state index in [1.165, 1.54) is 5.56 Å². The molecule has 0 aliphatic carbocycles. The number of fused-ring (bicyclic) bond motifs is 1. The van der Waals surface area contributed by atoms with Gasteiger partial charge in [0.25, 0.3) is 0 Å². The van der Waals surface area contributed by atoms with Crippen molar-refractivity contribution in [2.24, 2.45) is 0 Å². The van der Waals surface area contributed by atoms with Crippen LogP contribution in [0.25, 0.3) is 11.0 Å². The van der Waals surface area contributed by atoms with E-state index < -0.39 is 0 Å². The molecule has 0 amide bonds. The second-order valence-corrected chi connectivity index (χ2v) is 4.22. The summed E-state index contributed by atoms with van der Waals surface area (Å²) in [7, 11) is 0. The lowest BCUT2D eigenvalue weighted by atomic mass is 10.0. The average Bonchev–Trinajstić information content (AvgIpc) is 2.52. The fourth-order valence-electron chi connectivity index (χ4n) is 1.44. The second kappa shape index (κ2) is 3.14. The van der Waals surface area contributed by atoms with Crippen LogP contribution in [0.1, 0.15) is 25.3 Å². The van der Waals surface area contributed by atoms with Crippen molar-refractivity contribution in [1.82, 2.24) is 9.97 Å². The molecular formula is C10H11BrN2. The third-order valence-corrected chi connectivity index (χ3v) is 3.02. The highest BCUT2D eigenvalue weighted by molar-refractivity contribution is 9.10. The van der Waals surface area contributed by atoms with E-state index in [9.17, 15) is 0 Å². The molecule has 1 N–H and O–H groups in total. The summed E-state index contributed by atoms with van der Waals surface area (Å²) in [5.41, 5.74) is 3.40. The molecule has 0 saturated carbocycles. The Labute approximate surface area is 85.5 Å². The predicted molar refractivity (Wildman–Crippen MR) is 57.9 cm³/mol. The average molecular weight is 239 g/mol. The topological polar surface area (TPSA) is 28.7 Å². The molecule has 13 heavy (non-hydrogen) atoms. The summed E-state index contributed by atoms with van der Waals surface area (Å²) in [5.74, 6) is 0.524. The Morgan fingerprint density at radius 1 is 1.38 bits per heavy atom.